The van der Waals surface area contributed by atoms with Gasteiger partial charge in [-0.25, -0.2) is 0 Å². The fourth-order valence-electron chi connectivity index (χ4n) is 1.76. The number of hydrogen-bond acceptors (Lipinski definition) is 4. The molecule has 1 fully saturated rings. The Morgan fingerprint density at radius 2 is 1.76 bits per heavy atom. The van der Waals surface area contributed by atoms with Crippen LogP contribution in [0.1, 0.15) is 19.3 Å². The number of carbonyl (C=O) groups is 2. The van der Waals surface area contributed by atoms with Gasteiger partial charge in [-0.2, -0.15) is 0 Å². The number of piperidine rings is 1. The van der Waals surface area contributed by atoms with Gasteiger partial charge >= 0.3 is 11.8 Å². The van der Waals surface area contributed by atoms with E-state index >= 15 is 0 Å². The highest BCUT2D eigenvalue weighted by molar-refractivity contribution is 6.35. The summed E-state index contributed by atoms with van der Waals surface area (Å²) in [6.07, 6.45) is 2.55. The molecule has 0 aromatic carbocycles. The van der Waals surface area contributed by atoms with Crippen LogP contribution < -0.4 is 5.32 Å². The molecule has 0 atom stereocenters. The van der Waals surface area contributed by atoms with Crippen molar-refractivity contribution in [1.82, 2.24) is 10.2 Å². The third-order valence-electron chi connectivity index (χ3n) is 2.79. The van der Waals surface area contributed by atoms with Crippen LogP contribution in [0, 0.1) is 0 Å². The van der Waals surface area contributed by atoms with E-state index in [0.717, 1.165) is 19.3 Å². The lowest BCUT2D eigenvalue weighted by Crippen LogP contribution is -2.47. The Bertz CT molecular complexity index is 260. The first-order valence-corrected chi connectivity index (χ1v) is 5.81. The molecule has 6 heteroatoms. The molecule has 0 bridgehead atoms. The van der Waals surface area contributed by atoms with E-state index in [1.807, 2.05) is 0 Å². The van der Waals surface area contributed by atoms with Crippen molar-refractivity contribution in [3.63, 3.8) is 0 Å². The lowest BCUT2D eigenvalue weighted by atomic mass is 10.1. The molecular weight excluding hydrogens is 224 g/mol. The van der Waals surface area contributed by atoms with E-state index in [0.29, 0.717) is 13.1 Å². The van der Waals surface area contributed by atoms with E-state index < -0.39 is 18.1 Å². The Morgan fingerprint density at radius 1 is 1.18 bits per heavy atom. The normalized spacial score (nSPS) is 16.1. The zero-order valence-electron chi connectivity index (χ0n) is 10.4. The van der Waals surface area contributed by atoms with Crippen LogP contribution in [0.3, 0.4) is 0 Å². The van der Waals surface area contributed by atoms with E-state index in [9.17, 15) is 9.59 Å². The van der Waals surface area contributed by atoms with Crippen LogP contribution in [0.5, 0.6) is 0 Å². The molecule has 0 radical (unpaired) electrons. The molecule has 6 nitrogen and oxygen atoms in total. The average Bonchev–Trinajstić information content (AvgIpc) is 2.39. The highest BCUT2D eigenvalue weighted by Crippen LogP contribution is 2.08. The zero-order chi connectivity index (χ0) is 12.7. The first-order chi connectivity index (χ1) is 8.19. The molecule has 0 aromatic heterocycles. The van der Waals surface area contributed by atoms with E-state index in [2.05, 4.69) is 5.32 Å². The van der Waals surface area contributed by atoms with Crippen molar-refractivity contribution in [2.24, 2.45) is 0 Å². The number of nitrogens with zero attached hydrogens (tertiary/aromatic N) is 1. The molecule has 1 aliphatic heterocycles. The summed E-state index contributed by atoms with van der Waals surface area (Å²) in [7, 11) is 2.96. The molecule has 1 aliphatic rings. The van der Waals surface area contributed by atoms with Crippen LogP contribution >= 0.6 is 0 Å². The lowest BCUT2D eigenvalue weighted by Gasteiger charge is -2.26. The van der Waals surface area contributed by atoms with Crippen molar-refractivity contribution < 1.29 is 19.1 Å². The minimum absolute atomic E-state index is 0.172. The van der Waals surface area contributed by atoms with Gasteiger partial charge in [0.25, 0.3) is 0 Å². The third-order valence-corrected chi connectivity index (χ3v) is 2.79. The van der Waals surface area contributed by atoms with Gasteiger partial charge in [0.1, 0.15) is 0 Å². The summed E-state index contributed by atoms with van der Waals surface area (Å²) in [5.74, 6) is -1.05. The summed E-state index contributed by atoms with van der Waals surface area (Å²) >= 11 is 0. The maximum absolute atomic E-state index is 11.7. The van der Waals surface area contributed by atoms with Gasteiger partial charge in [-0.1, -0.05) is 0 Å². The fraction of sp³-hybridized carbons (Fsp3) is 0.818. The van der Waals surface area contributed by atoms with Crippen LogP contribution in [0.2, 0.25) is 0 Å². The molecule has 1 saturated heterocycles. The molecular formula is C11H20N2O4. The number of ether oxygens (including phenoxy) is 2. The Balaban J connectivity index is 2.33. The summed E-state index contributed by atoms with van der Waals surface area (Å²) in [5, 5.41) is 2.50. The Hall–Kier alpha value is -1.14. The second-order valence-corrected chi connectivity index (χ2v) is 3.96. The number of hydrogen-bond donors (Lipinski definition) is 1. The van der Waals surface area contributed by atoms with E-state index in [1.165, 1.54) is 14.2 Å². The number of nitrogens with one attached hydrogen (secondary N) is 1. The van der Waals surface area contributed by atoms with Gasteiger partial charge in [-0.3, -0.25) is 9.59 Å². The number of rotatable bonds is 4. The predicted molar refractivity (Wildman–Crippen MR) is 61.2 cm³/mol. The first-order valence-electron chi connectivity index (χ1n) is 5.81. The van der Waals surface area contributed by atoms with E-state index in [-0.39, 0.29) is 6.54 Å². The molecule has 98 valence electrons. The average molecular weight is 244 g/mol. The zero-order valence-corrected chi connectivity index (χ0v) is 10.4. The maximum atomic E-state index is 11.7. The number of amides is 2. The molecule has 1 N–H and O–H groups in total. The van der Waals surface area contributed by atoms with Crippen molar-refractivity contribution in [1.29, 1.82) is 0 Å². The molecule has 0 saturated carbocycles. The van der Waals surface area contributed by atoms with Crippen molar-refractivity contribution in [3.05, 3.63) is 0 Å². The minimum Gasteiger partial charge on any atom is -0.354 e. The third kappa shape index (κ3) is 4.32. The van der Waals surface area contributed by atoms with Crippen LogP contribution in [0.25, 0.3) is 0 Å². The maximum Gasteiger partial charge on any atom is 0.311 e. The standard InChI is InChI=1S/C11H20N2O4/c1-16-9(17-2)8-12-10(14)11(15)13-6-4-3-5-7-13/h9H,3-8H2,1-2H3,(H,12,14). The molecule has 0 unspecified atom stereocenters. The fourth-order valence-corrected chi connectivity index (χ4v) is 1.76. The van der Waals surface area contributed by atoms with Gasteiger partial charge in [0.2, 0.25) is 0 Å². The molecule has 0 aromatic rings. The monoisotopic (exact) mass is 244 g/mol. The topological polar surface area (TPSA) is 67.9 Å². The second-order valence-electron chi connectivity index (χ2n) is 3.96. The summed E-state index contributed by atoms with van der Waals surface area (Å²) in [5.41, 5.74) is 0. The predicted octanol–water partition coefficient (Wildman–Crippen LogP) is -0.266. The van der Waals surface area contributed by atoms with Crippen LogP contribution in [-0.2, 0) is 19.1 Å². The highest BCUT2D eigenvalue weighted by Gasteiger charge is 2.23. The largest absolute Gasteiger partial charge is 0.354 e. The molecule has 2 amide bonds. The van der Waals surface area contributed by atoms with E-state index in [1.54, 1.807) is 4.90 Å². The van der Waals surface area contributed by atoms with Crippen molar-refractivity contribution in [2.45, 2.75) is 25.6 Å². The molecule has 17 heavy (non-hydrogen) atoms. The number of carbonyl (C=O) groups excluding carboxylic acids is 2. The molecule has 0 spiro atoms. The molecule has 1 rings (SSSR count). The summed E-state index contributed by atoms with van der Waals surface area (Å²) in [6.45, 7) is 1.51. The van der Waals surface area contributed by atoms with Gasteiger partial charge in [0.05, 0.1) is 6.54 Å². The van der Waals surface area contributed by atoms with Crippen LogP contribution in [0.15, 0.2) is 0 Å². The van der Waals surface area contributed by atoms with Gasteiger partial charge in [0.15, 0.2) is 6.29 Å². The van der Waals surface area contributed by atoms with Gasteiger partial charge in [0, 0.05) is 27.3 Å². The Labute approximate surface area is 101 Å². The first kappa shape index (κ1) is 13.9. The number of likely N-dealkylation sites (tertiary alicyclic amines) is 1. The number of methoxy groups -OCH3 is 2. The summed E-state index contributed by atoms with van der Waals surface area (Å²) < 4.78 is 9.83. The Morgan fingerprint density at radius 3 is 2.29 bits per heavy atom. The van der Waals surface area contributed by atoms with Gasteiger partial charge < -0.3 is 19.7 Å². The molecule has 1 heterocycles. The second kappa shape index (κ2) is 7.24. The lowest BCUT2D eigenvalue weighted by molar-refractivity contribution is -0.148. The SMILES string of the molecule is COC(CNC(=O)C(=O)N1CCCCC1)OC. The van der Waals surface area contributed by atoms with Gasteiger partial charge in [-0.15, -0.1) is 0 Å². The smallest absolute Gasteiger partial charge is 0.311 e. The summed E-state index contributed by atoms with van der Waals surface area (Å²) in [4.78, 5) is 24.9. The van der Waals surface area contributed by atoms with Crippen LogP contribution in [0.4, 0.5) is 0 Å². The van der Waals surface area contributed by atoms with Gasteiger partial charge in [-0.05, 0) is 19.3 Å². The highest BCUT2D eigenvalue weighted by atomic mass is 16.7. The Kier molecular flexibility index (Phi) is 5.93. The summed E-state index contributed by atoms with van der Waals surface area (Å²) in [6, 6.07) is 0. The van der Waals surface area contributed by atoms with Crippen molar-refractivity contribution in [3.8, 4) is 0 Å². The van der Waals surface area contributed by atoms with Crippen LogP contribution in [-0.4, -0.2) is 56.9 Å². The van der Waals surface area contributed by atoms with Crippen molar-refractivity contribution in [2.75, 3.05) is 33.9 Å². The van der Waals surface area contributed by atoms with Crippen molar-refractivity contribution >= 4 is 11.8 Å². The molecule has 0 aliphatic carbocycles. The van der Waals surface area contributed by atoms with E-state index in [4.69, 9.17) is 9.47 Å². The quantitative estimate of drug-likeness (QED) is 0.546. The minimum atomic E-state index is -0.592.